The molecule has 0 radical (unpaired) electrons. The Morgan fingerprint density at radius 1 is 1.33 bits per heavy atom. The van der Waals surface area contributed by atoms with Crippen molar-refractivity contribution in [2.45, 2.75) is 32.3 Å². The summed E-state index contributed by atoms with van der Waals surface area (Å²) in [5.74, 6) is 1.38. The minimum Gasteiger partial charge on any atom is -0.486 e. The molecule has 3 rings (SSSR count). The molecule has 6 heteroatoms. The van der Waals surface area contributed by atoms with Crippen molar-refractivity contribution in [1.82, 2.24) is 9.88 Å². The fourth-order valence-electron chi connectivity index (χ4n) is 3.01. The summed E-state index contributed by atoms with van der Waals surface area (Å²) in [7, 11) is 1.86. The first-order valence-corrected chi connectivity index (χ1v) is 9.46. The van der Waals surface area contributed by atoms with Gasteiger partial charge in [0.25, 0.3) is 5.91 Å². The largest absolute Gasteiger partial charge is 0.486 e. The Morgan fingerprint density at radius 2 is 2.04 bits per heavy atom. The maximum Gasteiger partial charge on any atom is 0.273 e. The first-order chi connectivity index (χ1) is 11.6. The number of ether oxygens (including phenoxy) is 1. The zero-order valence-electron chi connectivity index (χ0n) is 13.7. The Morgan fingerprint density at radius 3 is 2.75 bits per heavy atom. The molecule has 128 valence electrons. The molecule has 0 aliphatic heterocycles. The number of thiazole rings is 1. The third-order valence-electron chi connectivity index (χ3n) is 4.30. The lowest BCUT2D eigenvalue weighted by Crippen LogP contribution is -2.31. The van der Waals surface area contributed by atoms with Crippen LogP contribution in [0.2, 0.25) is 5.02 Å². The smallest absolute Gasteiger partial charge is 0.273 e. The molecule has 1 aliphatic carbocycles. The molecule has 1 aromatic carbocycles. The van der Waals surface area contributed by atoms with Gasteiger partial charge < -0.3 is 9.64 Å². The lowest BCUT2D eigenvalue weighted by molar-refractivity contribution is 0.0768. The van der Waals surface area contributed by atoms with Gasteiger partial charge in [-0.2, -0.15) is 0 Å². The number of halogens is 1. The van der Waals surface area contributed by atoms with Gasteiger partial charge in [0.15, 0.2) is 0 Å². The summed E-state index contributed by atoms with van der Waals surface area (Å²) in [6.45, 7) is 1.18. The molecule has 1 fully saturated rings. The second-order valence-electron chi connectivity index (χ2n) is 6.21. The van der Waals surface area contributed by atoms with Crippen molar-refractivity contribution in [2.75, 3.05) is 13.6 Å². The van der Waals surface area contributed by atoms with Crippen LogP contribution >= 0.6 is 22.9 Å². The molecule has 2 aromatic rings. The molecule has 1 saturated carbocycles. The topological polar surface area (TPSA) is 42.4 Å². The molecular formula is C18H21ClN2O2S. The van der Waals surface area contributed by atoms with E-state index >= 15 is 0 Å². The van der Waals surface area contributed by atoms with Gasteiger partial charge in [0.2, 0.25) is 0 Å². The van der Waals surface area contributed by atoms with Crippen molar-refractivity contribution in [2.24, 2.45) is 5.92 Å². The minimum absolute atomic E-state index is 0.00380. The molecule has 0 spiro atoms. The summed E-state index contributed by atoms with van der Waals surface area (Å²) in [5, 5.41) is 3.28. The number of carbonyl (C=O) groups excluding carboxylic acids is 1. The Balaban J connectivity index is 1.53. The highest BCUT2D eigenvalue weighted by molar-refractivity contribution is 7.09. The van der Waals surface area contributed by atoms with E-state index in [1.165, 1.54) is 37.0 Å². The van der Waals surface area contributed by atoms with Gasteiger partial charge in [0, 0.05) is 24.0 Å². The predicted octanol–water partition coefficient (Wildman–Crippen LogP) is 4.64. The lowest BCUT2D eigenvalue weighted by Gasteiger charge is -2.20. The predicted molar refractivity (Wildman–Crippen MR) is 96.8 cm³/mol. The van der Waals surface area contributed by atoms with E-state index in [0.29, 0.717) is 23.2 Å². The molecule has 0 unspecified atom stereocenters. The van der Waals surface area contributed by atoms with Gasteiger partial charge in [-0.3, -0.25) is 4.79 Å². The number of carbonyl (C=O) groups is 1. The number of nitrogens with zero attached hydrogens (tertiary/aromatic N) is 2. The van der Waals surface area contributed by atoms with Gasteiger partial charge in [-0.1, -0.05) is 24.4 Å². The summed E-state index contributed by atoms with van der Waals surface area (Å²) < 4.78 is 5.67. The summed E-state index contributed by atoms with van der Waals surface area (Å²) >= 11 is 7.30. The first kappa shape index (κ1) is 17.2. The molecule has 1 heterocycles. The number of aromatic nitrogens is 1. The molecule has 1 aromatic heterocycles. The van der Waals surface area contributed by atoms with Gasteiger partial charge in [-0.15, -0.1) is 11.3 Å². The highest BCUT2D eigenvalue weighted by Crippen LogP contribution is 2.25. The second kappa shape index (κ2) is 7.99. The average Bonchev–Trinajstić information content (AvgIpc) is 3.25. The van der Waals surface area contributed by atoms with Crippen LogP contribution in [-0.2, 0) is 6.61 Å². The molecule has 0 bridgehead atoms. The van der Waals surface area contributed by atoms with Crippen LogP contribution in [0, 0.1) is 5.92 Å². The van der Waals surface area contributed by atoms with Gasteiger partial charge in [-0.05, 0) is 43.0 Å². The molecule has 0 saturated heterocycles. The summed E-state index contributed by atoms with van der Waals surface area (Å²) in [5.41, 5.74) is 0.509. The van der Waals surface area contributed by atoms with E-state index in [2.05, 4.69) is 4.98 Å². The standard InChI is InChI=1S/C18H21ClN2O2S/c1-21(10-13-4-2-3-5-13)18(22)16-12-24-17(20-16)11-23-15-8-6-14(19)7-9-15/h6-9,12-13H,2-5,10-11H2,1H3. The monoisotopic (exact) mass is 364 g/mol. The van der Waals surface area contributed by atoms with Crippen molar-refractivity contribution >= 4 is 28.8 Å². The number of rotatable bonds is 6. The molecule has 1 aliphatic rings. The van der Waals surface area contributed by atoms with E-state index in [1.54, 1.807) is 17.0 Å². The molecular weight excluding hydrogens is 344 g/mol. The number of benzene rings is 1. The Hall–Kier alpha value is -1.59. The summed E-state index contributed by atoms with van der Waals surface area (Å²) in [4.78, 5) is 18.7. The van der Waals surface area contributed by atoms with Gasteiger partial charge in [0.1, 0.15) is 23.1 Å². The van der Waals surface area contributed by atoms with E-state index in [4.69, 9.17) is 16.3 Å². The maximum absolute atomic E-state index is 12.5. The van der Waals surface area contributed by atoms with Crippen molar-refractivity contribution < 1.29 is 9.53 Å². The molecule has 0 N–H and O–H groups in total. The summed E-state index contributed by atoms with van der Waals surface area (Å²) in [6, 6.07) is 7.20. The first-order valence-electron chi connectivity index (χ1n) is 8.20. The van der Waals surface area contributed by atoms with Gasteiger partial charge >= 0.3 is 0 Å². The highest BCUT2D eigenvalue weighted by atomic mass is 35.5. The highest BCUT2D eigenvalue weighted by Gasteiger charge is 2.21. The van der Waals surface area contributed by atoms with Crippen LogP contribution in [0.25, 0.3) is 0 Å². The van der Waals surface area contributed by atoms with Crippen molar-refractivity contribution in [3.8, 4) is 5.75 Å². The average molecular weight is 365 g/mol. The maximum atomic E-state index is 12.5. The zero-order valence-corrected chi connectivity index (χ0v) is 15.3. The zero-order chi connectivity index (χ0) is 16.9. The third kappa shape index (κ3) is 4.48. The van der Waals surface area contributed by atoms with Crippen LogP contribution in [0.4, 0.5) is 0 Å². The van der Waals surface area contributed by atoms with Crippen LogP contribution in [0.3, 0.4) is 0 Å². The Kier molecular flexibility index (Phi) is 5.74. The molecule has 1 amide bonds. The van der Waals surface area contributed by atoms with Crippen LogP contribution in [0.1, 0.15) is 41.2 Å². The normalized spacial score (nSPS) is 14.8. The summed E-state index contributed by atoms with van der Waals surface area (Å²) in [6.07, 6.45) is 5.04. The second-order valence-corrected chi connectivity index (χ2v) is 7.58. The van der Waals surface area contributed by atoms with Crippen LogP contribution in [0.15, 0.2) is 29.6 Å². The van der Waals surface area contributed by atoms with E-state index in [-0.39, 0.29) is 5.91 Å². The van der Waals surface area contributed by atoms with E-state index < -0.39 is 0 Å². The SMILES string of the molecule is CN(CC1CCCC1)C(=O)c1csc(COc2ccc(Cl)cc2)n1. The molecule has 0 atom stereocenters. The van der Waals surface area contributed by atoms with Gasteiger partial charge in [-0.25, -0.2) is 4.98 Å². The van der Waals surface area contributed by atoms with Gasteiger partial charge in [0.05, 0.1) is 0 Å². The fourth-order valence-corrected chi connectivity index (χ4v) is 3.82. The van der Waals surface area contributed by atoms with E-state index in [1.807, 2.05) is 24.6 Å². The van der Waals surface area contributed by atoms with Crippen molar-refractivity contribution in [1.29, 1.82) is 0 Å². The number of hydrogen-bond acceptors (Lipinski definition) is 4. The molecule has 4 nitrogen and oxygen atoms in total. The van der Waals surface area contributed by atoms with E-state index in [9.17, 15) is 4.79 Å². The third-order valence-corrected chi connectivity index (χ3v) is 5.37. The van der Waals surface area contributed by atoms with E-state index in [0.717, 1.165) is 17.3 Å². The van der Waals surface area contributed by atoms with Crippen molar-refractivity contribution in [3.05, 3.63) is 45.4 Å². The van der Waals surface area contributed by atoms with Crippen LogP contribution < -0.4 is 4.74 Å². The number of hydrogen-bond donors (Lipinski definition) is 0. The Bertz CT molecular complexity index is 681. The Labute approximate surface area is 151 Å². The number of amides is 1. The quantitative estimate of drug-likeness (QED) is 0.750. The lowest BCUT2D eigenvalue weighted by atomic mass is 10.1. The fraction of sp³-hybridized carbons (Fsp3) is 0.444. The van der Waals surface area contributed by atoms with Crippen LogP contribution in [-0.4, -0.2) is 29.4 Å². The minimum atomic E-state index is -0.00380. The molecule has 24 heavy (non-hydrogen) atoms. The van der Waals surface area contributed by atoms with Crippen LogP contribution in [0.5, 0.6) is 5.75 Å². The van der Waals surface area contributed by atoms with Crippen molar-refractivity contribution in [3.63, 3.8) is 0 Å².